The number of hydrogen-bond donors (Lipinski definition) is 1. The first-order valence-electron chi connectivity index (χ1n) is 5.37. The molecule has 0 aliphatic rings. The van der Waals surface area contributed by atoms with Gasteiger partial charge in [0, 0.05) is 5.92 Å². The SMILES string of the molecule is Cc1ccc(C(C)C(O)C(C)C)cc1F. The zero-order valence-corrected chi connectivity index (χ0v) is 9.79. The van der Waals surface area contributed by atoms with E-state index in [4.69, 9.17) is 0 Å². The summed E-state index contributed by atoms with van der Waals surface area (Å²) in [5.74, 6) is -0.0419. The molecule has 1 nitrogen and oxygen atoms in total. The zero-order valence-electron chi connectivity index (χ0n) is 9.79. The van der Waals surface area contributed by atoms with Crippen LogP contribution in [0, 0.1) is 18.7 Å². The second-order valence-electron chi connectivity index (χ2n) is 4.53. The monoisotopic (exact) mass is 210 g/mol. The first-order valence-corrected chi connectivity index (χ1v) is 5.37. The standard InChI is InChI=1S/C13H19FO/c1-8(2)13(15)10(4)11-6-5-9(3)12(14)7-11/h5-8,10,13,15H,1-4H3. The summed E-state index contributed by atoms with van der Waals surface area (Å²) in [4.78, 5) is 0. The van der Waals surface area contributed by atoms with Gasteiger partial charge in [-0.3, -0.25) is 0 Å². The van der Waals surface area contributed by atoms with Gasteiger partial charge in [-0.1, -0.05) is 32.9 Å². The third-order valence-corrected chi connectivity index (χ3v) is 2.92. The maximum Gasteiger partial charge on any atom is 0.126 e. The fourth-order valence-corrected chi connectivity index (χ4v) is 1.67. The predicted molar refractivity (Wildman–Crippen MR) is 60.4 cm³/mol. The minimum Gasteiger partial charge on any atom is -0.392 e. The van der Waals surface area contributed by atoms with Crippen LogP contribution in [0.25, 0.3) is 0 Å². The quantitative estimate of drug-likeness (QED) is 0.812. The Morgan fingerprint density at radius 3 is 2.27 bits per heavy atom. The van der Waals surface area contributed by atoms with Gasteiger partial charge in [0.15, 0.2) is 0 Å². The molecule has 84 valence electrons. The summed E-state index contributed by atoms with van der Waals surface area (Å²) in [6, 6.07) is 5.16. The molecule has 0 aromatic heterocycles. The van der Waals surface area contributed by atoms with E-state index in [1.807, 2.05) is 26.8 Å². The molecule has 0 spiro atoms. The number of benzene rings is 1. The van der Waals surface area contributed by atoms with Crippen LogP contribution in [-0.4, -0.2) is 11.2 Å². The molecule has 0 bridgehead atoms. The third-order valence-electron chi connectivity index (χ3n) is 2.92. The molecule has 0 fully saturated rings. The summed E-state index contributed by atoms with van der Waals surface area (Å²) >= 11 is 0. The molecule has 0 heterocycles. The fourth-order valence-electron chi connectivity index (χ4n) is 1.67. The highest BCUT2D eigenvalue weighted by Crippen LogP contribution is 2.25. The number of aliphatic hydroxyl groups is 1. The van der Waals surface area contributed by atoms with Crippen LogP contribution < -0.4 is 0 Å². The van der Waals surface area contributed by atoms with Gasteiger partial charge in [-0.05, 0) is 30.0 Å². The van der Waals surface area contributed by atoms with Crippen molar-refractivity contribution in [3.63, 3.8) is 0 Å². The number of rotatable bonds is 3. The second kappa shape index (κ2) is 4.75. The van der Waals surface area contributed by atoms with Crippen LogP contribution in [0.2, 0.25) is 0 Å². The Morgan fingerprint density at radius 2 is 1.80 bits per heavy atom. The van der Waals surface area contributed by atoms with Gasteiger partial charge in [0.05, 0.1) is 6.10 Å². The van der Waals surface area contributed by atoms with E-state index in [1.54, 1.807) is 13.0 Å². The number of aliphatic hydroxyl groups excluding tert-OH is 1. The lowest BCUT2D eigenvalue weighted by Crippen LogP contribution is -2.22. The maximum atomic E-state index is 13.3. The lowest BCUT2D eigenvalue weighted by molar-refractivity contribution is 0.102. The van der Waals surface area contributed by atoms with Gasteiger partial charge in [-0.25, -0.2) is 4.39 Å². The Morgan fingerprint density at radius 1 is 1.20 bits per heavy atom. The normalized spacial score (nSPS) is 15.4. The molecule has 15 heavy (non-hydrogen) atoms. The van der Waals surface area contributed by atoms with E-state index in [0.29, 0.717) is 5.56 Å². The fraction of sp³-hybridized carbons (Fsp3) is 0.538. The second-order valence-corrected chi connectivity index (χ2v) is 4.53. The largest absolute Gasteiger partial charge is 0.392 e. The van der Waals surface area contributed by atoms with Crippen molar-refractivity contribution in [2.75, 3.05) is 0 Å². The molecule has 0 aliphatic carbocycles. The molecule has 1 N–H and O–H groups in total. The molecular weight excluding hydrogens is 191 g/mol. The summed E-state index contributed by atoms with van der Waals surface area (Å²) in [5.41, 5.74) is 1.50. The topological polar surface area (TPSA) is 20.2 Å². The van der Waals surface area contributed by atoms with Crippen molar-refractivity contribution in [3.05, 3.63) is 35.1 Å². The van der Waals surface area contributed by atoms with E-state index >= 15 is 0 Å². The Bertz CT molecular complexity index is 333. The highest BCUT2D eigenvalue weighted by molar-refractivity contribution is 5.26. The Kier molecular flexibility index (Phi) is 3.86. The molecule has 2 atom stereocenters. The molecule has 1 aromatic rings. The summed E-state index contributed by atoms with van der Waals surface area (Å²) < 4.78 is 13.3. The molecule has 0 aliphatic heterocycles. The van der Waals surface area contributed by atoms with Crippen LogP contribution in [0.1, 0.15) is 37.8 Å². The Labute approximate surface area is 90.9 Å². The van der Waals surface area contributed by atoms with Crippen LogP contribution >= 0.6 is 0 Å². The predicted octanol–water partition coefficient (Wildman–Crippen LogP) is 3.25. The van der Waals surface area contributed by atoms with E-state index < -0.39 is 6.10 Å². The van der Waals surface area contributed by atoms with Crippen molar-refractivity contribution >= 4 is 0 Å². The van der Waals surface area contributed by atoms with Gasteiger partial charge in [-0.15, -0.1) is 0 Å². The van der Waals surface area contributed by atoms with E-state index in [0.717, 1.165) is 5.56 Å². The summed E-state index contributed by atoms with van der Waals surface area (Å²) in [5, 5.41) is 9.89. The molecule has 2 heteroatoms. The third kappa shape index (κ3) is 2.78. The van der Waals surface area contributed by atoms with Crippen molar-refractivity contribution in [2.45, 2.75) is 39.7 Å². The molecule has 1 aromatic carbocycles. The Hall–Kier alpha value is -0.890. The van der Waals surface area contributed by atoms with Crippen LogP contribution in [0.3, 0.4) is 0 Å². The first-order chi connectivity index (χ1) is 6.93. The van der Waals surface area contributed by atoms with Gasteiger partial charge in [0.2, 0.25) is 0 Å². The minimum absolute atomic E-state index is 0.0277. The highest BCUT2D eigenvalue weighted by atomic mass is 19.1. The molecule has 1 rings (SSSR count). The molecule has 0 saturated heterocycles. The molecule has 0 saturated carbocycles. The van der Waals surface area contributed by atoms with Crippen molar-refractivity contribution in [3.8, 4) is 0 Å². The smallest absolute Gasteiger partial charge is 0.126 e. The number of aryl methyl sites for hydroxylation is 1. The van der Waals surface area contributed by atoms with Crippen LogP contribution in [0.5, 0.6) is 0 Å². The first kappa shape index (κ1) is 12.2. The van der Waals surface area contributed by atoms with Crippen LogP contribution in [-0.2, 0) is 0 Å². The molecular formula is C13H19FO. The minimum atomic E-state index is -0.424. The van der Waals surface area contributed by atoms with Gasteiger partial charge in [0.25, 0.3) is 0 Å². The van der Waals surface area contributed by atoms with Crippen molar-refractivity contribution < 1.29 is 9.50 Å². The average Bonchev–Trinajstić information content (AvgIpc) is 2.19. The number of halogens is 1. The molecule has 2 unspecified atom stereocenters. The van der Waals surface area contributed by atoms with Crippen molar-refractivity contribution in [2.24, 2.45) is 5.92 Å². The van der Waals surface area contributed by atoms with E-state index in [-0.39, 0.29) is 17.7 Å². The van der Waals surface area contributed by atoms with E-state index in [2.05, 4.69) is 0 Å². The van der Waals surface area contributed by atoms with Crippen LogP contribution in [0.4, 0.5) is 4.39 Å². The average molecular weight is 210 g/mol. The lowest BCUT2D eigenvalue weighted by atomic mass is 9.88. The summed E-state index contributed by atoms with van der Waals surface area (Å²) in [6.07, 6.45) is -0.424. The van der Waals surface area contributed by atoms with E-state index in [1.165, 1.54) is 6.07 Å². The van der Waals surface area contributed by atoms with E-state index in [9.17, 15) is 9.50 Å². The highest BCUT2D eigenvalue weighted by Gasteiger charge is 2.19. The maximum absolute atomic E-state index is 13.3. The van der Waals surface area contributed by atoms with Gasteiger partial charge < -0.3 is 5.11 Å². The van der Waals surface area contributed by atoms with Crippen molar-refractivity contribution in [1.29, 1.82) is 0 Å². The van der Waals surface area contributed by atoms with Gasteiger partial charge in [-0.2, -0.15) is 0 Å². The lowest BCUT2D eigenvalue weighted by Gasteiger charge is -2.22. The summed E-state index contributed by atoms with van der Waals surface area (Å²) in [6.45, 7) is 7.59. The Balaban J connectivity index is 2.91. The van der Waals surface area contributed by atoms with Crippen molar-refractivity contribution in [1.82, 2.24) is 0 Å². The van der Waals surface area contributed by atoms with Crippen LogP contribution in [0.15, 0.2) is 18.2 Å². The van der Waals surface area contributed by atoms with Gasteiger partial charge >= 0.3 is 0 Å². The van der Waals surface area contributed by atoms with Gasteiger partial charge in [0.1, 0.15) is 5.82 Å². The summed E-state index contributed by atoms with van der Waals surface area (Å²) in [7, 11) is 0. The molecule has 0 radical (unpaired) electrons. The molecule has 0 amide bonds. The zero-order chi connectivity index (χ0) is 11.6. The number of hydrogen-bond acceptors (Lipinski definition) is 1.